The number of halogens is 5. The van der Waals surface area contributed by atoms with E-state index >= 15 is 0 Å². The Hall–Kier alpha value is -2.81. The molecule has 2 aliphatic carbocycles. The molecule has 3 fully saturated rings. The molecule has 7 unspecified atom stereocenters. The van der Waals surface area contributed by atoms with Crippen LogP contribution in [-0.4, -0.2) is 60.6 Å². The number of esters is 3. The van der Waals surface area contributed by atoms with Gasteiger partial charge < -0.3 is 14.2 Å². The molecule has 4 rings (SSSR count). The molecule has 1 heterocycles. The van der Waals surface area contributed by atoms with Gasteiger partial charge in [0.2, 0.25) is 0 Å². The first-order chi connectivity index (χ1) is 16.9. The summed E-state index contributed by atoms with van der Waals surface area (Å²) < 4.78 is 113. The maximum atomic E-state index is 13.9. The molecule has 9 nitrogen and oxygen atoms in total. The number of ether oxygens (including phenoxy) is 3. The maximum absolute atomic E-state index is 13.9. The van der Waals surface area contributed by atoms with Gasteiger partial charge in [0, 0.05) is 11.8 Å². The van der Waals surface area contributed by atoms with Crippen molar-refractivity contribution in [2.75, 3.05) is 0 Å². The fraction of sp³-hybridized carbons (Fsp3) is 0.591. The molecule has 7 atom stereocenters. The van der Waals surface area contributed by atoms with Crippen molar-refractivity contribution in [2.45, 2.75) is 56.9 Å². The molecule has 0 spiro atoms. The van der Waals surface area contributed by atoms with E-state index < -0.39 is 81.4 Å². The number of carbonyl (C=O) groups excluding carboxylic acids is 3. The summed E-state index contributed by atoms with van der Waals surface area (Å²) in [6, 6.07) is 3.42. The van der Waals surface area contributed by atoms with E-state index in [9.17, 15) is 44.8 Å². The zero-order valence-corrected chi connectivity index (χ0v) is 20.2. The predicted octanol–water partition coefficient (Wildman–Crippen LogP) is 2.90. The van der Waals surface area contributed by atoms with Crippen LogP contribution in [0.15, 0.2) is 12.1 Å². The van der Waals surface area contributed by atoms with Crippen molar-refractivity contribution in [3.8, 4) is 0 Å². The first-order valence-corrected chi connectivity index (χ1v) is 12.4. The average Bonchev–Trinajstić information content (AvgIpc) is 3.33. The Kier molecular flexibility index (Phi) is 6.34. The van der Waals surface area contributed by atoms with E-state index in [-0.39, 0.29) is 12.0 Å². The van der Waals surface area contributed by atoms with Crippen LogP contribution in [0.1, 0.15) is 33.5 Å². The molecule has 2 saturated carbocycles. The van der Waals surface area contributed by atoms with Gasteiger partial charge in [0.15, 0.2) is 0 Å². The summed E-state index contributed by atoms with van der Waals surface area (Å²) in [5, 5.41) is -5.93. The van der Waals surface area contributed by atoms with Gasteiger partial charge in [-0.05, 0) is 38.3 Å². The van der Waals surface area contributed by atoms with E-state index in [1.54, 1.807) is 32.9 Å². The van der Waals surface area contributed by atoms with Gasteiger partial charge in [-0.3, -0.25) is 14.1 Å². The van der Waals surface area contributed by atoms with E-state index in [1.165, 1.54) is 0 Å². The van der Waals surface area contributed by atoms with Crippen LogP contribution >= 0.6 is 0 Å². The Bertz CT molecular complexity index is 1250. The van der Waals surface area contributed by atoms with Gasteiger partial charge in [0.05, 0.1) is 17.4 Å². The summed E-state index contributed by atoms with van der Waals surface area (Å²) in [7, 11) is -6.65. The van der Waals surface area contributed by atoms with Gasteiger partial charge in [0.25, 0.3) is 6.10 Å². The van der Waals surface area contributed by atoms with Crippen molar-refractivity contribution in [3.63, 3.8) is 0 Å². The van der Waals surface area contributed by atoms with Crippen molar-refractivity contribution in [3.05, 3.63) is 34.4 Å². The third-order valence-corrected chi connectivity index (χ3v) is 8.02. The summed E-state index contributed by atoms with van der Waals surface area (Å²) in [4.78, 5) is 38.2. The van der Waals surface area contributed by atoms with Crippen LogP contribution in [0, 0.1) is 44.4 Å². The van der Waals surface area contributed by atoms with Crippen LogP contribution in [0.4, 0.5) is 22.0 Å². The lowest BCUT2D eigenvalue weighted by molar-refractivity contribution is -0.261. The van der Waals surface area contributed by atoms with E-state index in [0.717, 1.165) is 5.56 Å². The molecule has 0 aromatic heterocycles. The minimum atomic E-state index is -6.65. The van der Waals surface area contributed by atoms with Crippen molar-refractivity contribution >= 4 is 28.0 Å². The summed E-state index contributed by atoms with van der Waals surface area (Å²) >= 11 is 0. The Labute approximate surface area is 207 Å². The van der Waals surface area contributed by atoms with Crippen LogP contribution in [0.3, 0.4) is 0 Å². The molecule has 1 N–H and O–H groups in total. The summed E-state index contributed by atoms with van der Waals surface area (Å²) in [6.45, 7) is 5.10. The van der Waals surface area contributed by atoms with Crippen LogP contribution in [0.2, 0.25) is 0 Å². The van der Waals surface area contributed by atoms with Crippen LogP contribution in [0.25, 0.3) is 0 Å². The lowest BCUT2D eigenvalue weighted by atomic mass is 9.78. The Morgan fingerprint density at radius 1 is 1.08 bits per heavy atom. The fourth-order valence-corrected chi connectivity index (χ4v) is 6.26. The number of aryl methyl sites for hydroxylation is 3. The molecule has 204 valence electrons. The van der Waals surface area contributed by atoms with Crippen molar-refractivity contribution < 1.29 is 63.5 Å². The van der Waals surface area contributed by atoms with Gasteiger partial charge >= 0.3 is 39.5 Å². The highest BCUT2D eigenvalue weighted by molar-refractivity contribution is 7.86. The smallest absolute Gasteiger partial charge is 0.432 e. The highest BCUT2D eigenvalue weighted by Crippen LogP contribution is 2.59. The van der Waals surface area contributed by atoms with E-state index in [0.29, 0.717) is 11.1 Å². The van der Waals surface area contributed by atoms with Crippen LogP contribution < -0.4 is 0 Å². The summed E-state index contributed by atoms with van der Waals surface area (Å²) in [5.74, 6) is -8.83. The molecule has 15 heteroatoms. The van der Waals surface area contributed by atoms with Crippen molar-refractivity contribution in [2.24, 2.45) is 23.7 Å². The van der Waals surface area contributed by atoms with E-state index in [4.69, 9.17) is 14.0 Å². The van der Waals surface area contributed by atoms with E-state index in [2.05, 4.69) is 4.74 Å². The quantitative estimate of drug-likeness (QED) is 0.243. The third-order valence-electron chi connectivity index (χ3n) is 7.12. The van der Waals surface area contributed by atoms with Gasteiger partial charge in [-0.15, -0.1) is 0 Å². The standard InChI is InChI=1S/C22H21F5O9S/c1-7-4-8(2)12(9(3)5-7)17(28)34-15-11-6-10-13(18(29)35-16(10)15)14(11)19(30)36-20(21(23,24)25)22(26,27)37(31,32)33/h4-5,10-11,13-16,20H,6H2,1-3H3,(H,31,32,33). The van der Waals surface area contributed by atoms with Crippen molar-refractivity contribution in [1.29, 1.82) is 0 Å². The Morgan fingerprint density at radius 2 is 1.65 bits per heavy atom. The Balaban J connectivity index is 1.63. The molecular weight excluding hydrogens is 535 g/mol. The zero-order chi connectivity index (χ0) is 27.8. The topological polar surface area (TPSA) is 133 Å². The number of hydrogen-bond donors (Lipinski definition) is 1. The highest BCUT2D eigenvalue weighted by atomic mass is 32.2. The Morgan fingerprint density at radius 3 is 2.16 bits per heavy atom. The number of rotatable bonds is 6. The summed E-state index contributed by atoms with van der Waals surface area (Å²) in [5.41, 5.74) is 2.17. The number of carbonyl (C=O) groups is 3. The second-order valence-electron chi connectivity index (χ2n) is 9.56. The SMILES string of the molecule is Cc1cc(C)c(C(=O)OC2C3CC4C2OC(=O)C4C3C(=O)OC(C(F)(F)F)C(F)(F)S(=O)(=O)O)c(C)c1. The van der Waals surface area contributed by atoms with Crippen molar-refractivity contribution in [1.82, 2.24) is 0 Å². The van der Waals surface area contributed by atoms with Crippen LogP contribution in [0.5, 0.6) is 0 Å². The lowest BCUT2D eigenvalue weighted by Crippen LogP contribution is -2.54. The van der Waals surface area contributed by atoms with Gasteiger partial charge in [-0.25, -0.2) is 4.79 Å². The molecule has 2 bridgehead atoms. The number of hydrogen-bond acceptors (Lipinski definition) is 8. The molecule has 37 heavy (non-hydrogen) atoms. The minimum Gasteiger partial charge on any atom is -0.458 e. The second kappa shape index (κ2) is 8.61. The number of benzene rings is 1. The predicted molar refractivity (Wildman–Crippen MR) is 111 cm³/mol. The molecule has 1 aliphatic heterocycles. The normalized spacial score (nSPS) is 29.7. The molecule has 0 amide bonds. The van der Waals surface area contributed by atoms with Gasteiger partial charge in [-0.2, -0.15) is 30.4 Å². The molecule has 1 saturated heterocycles. The largest absolute Gasteiger partial charge is 0.458 e. The minimum absolute atomic E-state index is 0.0178. The average molecular weight is 556 g/mol. The number of fused-ring (bicyclic) bond motifs is 1. The molecular formula is C22H21F5O9S. The molecule has 1 aromatic rings. The van der Waals surface area contributed by atoms with E-state index in [1.807, 2.05) is 0 Å². The maximum Gasteiger partial charge on any atom is 0.432 e. The first kappa shape index (κ1) is 27.2. The third kappa shape index (κ3) is 4.35. The lowest BCUT2D eigenvalue weighted by Gasteiger charge is -2.32. The molecule has 3 aliphatic rings. The van der Waals surface area contributed by atoms with Gasteiger partial charge in [0.1, 0.15) is 12.2 Å². The number of alkyl halides is 5. The fourth-order valence-electron chi connectivity index (χ4n) is 5.81. The van der Waals surface area contributed by atoms with Gasteiger partial charge in [-0.1, -0.05) is 17.7 Å². The first-order valence-electron chi connectivity index (χ1n) is 11.0. The highest BCUT2D eigenvalue weighted by Gasteiger charge is 2.72. The monoisotopic (exact) mass is 556 g/mol. The second-order valence-corrected chi connectivity index (χ2v) is 11.0. The summed E-state index contributed by atoms with van der Waals surface area (Å²) in [6.07, 6.45) is -13.0. The van der Waals surface area contributed by atoms with Crippen LogP contribution in [-0.2, 0) is 33.9 Å². The molecule has 0 radical (unpaired) electrons. The zero-order valence-electron chi connectivity index (χ0n) is 19.4. The molecule has 1 aromatic carbocycles.